The zero-order valence-electron chi connectivity index (χ0n) is 19.1. The first kappa shape index (κ1) is 22.5. The smallest absolute Gasteiger partial charge is 0.410 e. The lowest BCUT2D eigenvalue weighted by atomic mass is 9.96. The van der Waals surface area contributed by atoms with Crippen LogP contribution in [0.4, 0.5) is 10.5 Å². The number of rotatable bonds is 3. The van der Waals surface area contributed by atoms with Crippen LogP contribution in [-0.4, -0.2) is 45.8 Å². The van der Waals surface area contributed by atoms with E-state index >= 15 is 0 Å². The Labute approximate surface area is 191 Å². The summed E-state index contributed by atoms with van der Waals surface area (Å²) in [5, 5.41) is 11.1. The second-order valence-corrected chi connectivity index (χ2v) is 9.26. The van der Waals surface area contributed by atoms with Crippen molar-refractivity contribution in [1.82, 2.24) is 15.1 Å². The lowest BCUT2D eigenvalue weighted by molar-refractivity contribution is -0.121. The molecule has 1 fully saturated rings. The minimum atomic E-state index is -0.539. The van der Waals surface area contributed by atoms with Crippen LogP contribution < -0.4 is 10.9 Å². The van der Waals surface area contributed by atoms with Crippen molar-refractivity contribution in [2.24, 2.45) is 5.92 Å². The zero-order chi connectivity index (χ0) is 23.6. The number of nitrogens with zero attached hydrogens (tertiary/aromatic N) is 2. The molecule has 172 valence electrons. The molecular weight excluding hydrogens is 420 g/mol. The minimum Gasteiger partial charge on any atom is -0.444 e. The van der Waals surface area contributed by atoms with Gasteiger partial charge in [-0.3, -0.25) is 9.59 Å². The predicted molar refractivity (Wildman–Crippen MR) is 127 cm³/mol. The number of anilines is 1. The van der Waals surface area contributed by atoms with Crippen molar-refractivity contribution in [1.29, 1.82) is 0 Å². The molecule has 0 unspecified atom stereocenters. The fourth-order valence-electron chi connectivity index (χ4n) is 3.97. The van der Waals surface area contributed by atoms with E-state index in [4.69, 9.17) is 4.74 Å². The quantitative estimate of drug-likeness (QED) is 0.626. The number of H-pyrrole nitrogens is 1. The van der Waals surface area contributed by atoms with Crippen molar-refractivity contribution >= 4 is 28.5 Å². The first-order valence-electron chi connectivity index (χ1n) is 11.1. The number of carbonyl (C=O) groups excluding carboxylic acids is 2. The summed E-state index contributed by atoms with van der Waals surface area (Å²) in [6.45, 7) is 6.49. The molecule has 0 saturated carbocycles. The molecule has 0 bridgehead atoms. The van der Waals surface area contributed by atoms with Gasteiger partial charge in [0.25, 0.3) is 5.56 Å². The summed E-state index contributed by atoms with van der Waals surface area (Å²) in [4.78, 5) is 38.8. The number of benzene rings is 2. The highest BCUT2D eigenvalue weighted by molar-refractivity contribution is 5.96. The number of nitrogens with one attached hydrogen (secondary N) is 2. The Hall–Kier alpha value is -3.68. The average Bonchev–Trinajstić information content (AvgIpc) is 2.79. The van der Waals surface area contributed by atoms with Crippen molar-refractivity contribution < 1.29 is 14.3 Å². The summed E-state index contributed by atoms with van der Waals surface area (Å²) in [5.41, 5.74) is 1.31. The lowest BCUT2D eigenvalue weighted by Gasteiger charge is -2.32. The van der Waals surface area contributed by atoms with E-state index in [-0.39, 0.29) is 23.5 Å². The van der Waals surface area contributed by atoms with Gasteiger partial charge in [0.1, 0.15) is 5.60 Å². The van der Waals surface area contributed by atoms with Gasteiger partial charge in [-0.1, -0.05) is 30.3 Å². The molecule has 8 heteroatoms. The fourth-order valence-corrected chi connectivity index (χ4v) is 3.97. The Kier molecular flexibility index (Phi) is 6.18. The molecule has 4 rings (SSSR count). The van der Waals surface area contributed by atoms with Gasteiger partial charge in [-0.05, 0) is 51.8 Å². The number of ether oxygens (including phenoxy) is 1. The molecule has 2 heterocycles. The van der Waals surface area contributed by atoms with Crippen LogP contribution in [0.3, 0.4) is 0 Å². The van der Waals surface area contributed by atoms with Crippen LogP contribution in [0.1, 0.15) is 33.6 Å². The van der Waals surface area contributed by atoms with Crippen LogP contribution in [-0.2, 0) is 9.53 Å². The van der Waals surface area contributed by atoms with E-state index in [1.165, 1.54) is 0 Å². The van der Waals surface area contributed by atoms with Gasteiger partial charge in [0.05, 0.1) is 11.1 Å². The Morgan fingerprint density at radius 1 is 1.06 bits per heavy atom. The van der Waals surface area contributed by atoms with Crippen LogP contribution in [0.2, 0.25) is 0 Å². The van der Waals surface area contributed by atoms with Crippen molar-refractivity contribution in [2.75, 3.05) is 18.4 Å². The fraction of sp³-hybridized carbons (Fsp3) is 0.360. The van der Waals surface area contributed by atoms with Crippen molar-refractivity contribution in [2.45, 2.75) is 39.2 Å². The normalized spacial score (nSPS) is 14.8. The molecular formula is C25H28N4O4. The second-order valence-electron chi connectivity index (χ2n) is 9.26. The molecule has 1 aliphatic rings. The highest BCUT2D eigenvalue weighted by atomic mass is 16.6. The highest BCUT2D eigenvalue weighted by Crippen LogP contribution is 2.27. The summed E-state index contributed by atoms with van der Waals surface area (Å²) in [5.74, 6) is -0.255. The summed E-state index contributed by atoms with van der Waals surface area (Å²) in [6.07, 6.45) is 0.822. The number of fused-ring (bicyclic) bond motifs is 1. The van der Waals surface area contributed by atoms with Gasteiger partial charge >= 0.3 is 6.09 Å². The molecule has 0 radical (unpaired) electrons. The van der Waals surface area contributed by atoms with Crippen LogP contribution in [0, 0.1) is 5.92 Å². The highest BCUT2D eigenvalue weighted by Gasteiger charge is 2.30. The molecule has 2 amide bonds. The second kappa shape index (κ2) is 9.05. The third kappa shape index (κ3) is 5.22. The van der Waals surface area contributed by atoms with E-state index in [0.717, 1.165) is 10.9 Å². The maximum atomic E-state index is 12.9. The number of hydrogen-bond donors (Lipinski definition) is 2. The topological polar surface area (TPSA) is 104 Å². The number of aromatic nitrogens is 2. The molecule has 3 aromatic rings. The molecule has 0 aliphatic carbocycles. The van der Waals surface area contributed by atoms with Gasteiger partial charge < -0.3 is 15.0 Å². The maximum Gasteiger partial charge on any atom is 0.410 e. The number of likely N-dealkylation sites (tertiary alicyclic amines) is 1. The minimum absolute atomic E-state index is 0.0738. The van der Waals surface area contributed by atoms with Gasteiger partial charge in [0.15, 0.2) is 0 Å². The standard InChI is InChI=1S/C25H28N4O4/c1-25(2,3)33-24(32)29-13-11-16(12-14-29)22(30)26-18-8-6-7-17(15-18)21-19-9-4-5-10-20(19)23(31)28-27-21/h4-10,15-16H,11-14H2,1-3H3,(H,26,30)(H,28,31). The number of carbonyl (C=O) groups is 2. The number of aromatic amines is 1. The van der Waals surface area contributed by atoms with Gasteiger partial charge in [0, 0.05) is 35.6 Å². The van der Waals surface area contributed by atoms with E-state index in [0.29, 0.717) is 42.7 Å². The van der Waals surface area contributed by atoms with E-state index in [1.807, 2.05) is 63.2 Å². The summed E-state index contributed by atoms with van der Waals surface area (Å²) in [6, 6.07) is 14.7. The third-order valence-corrected chi connectivity index (χ3v) is 5.62. The van der Waals surface area contributed by atoms with Crippen molar-refractivity contribution in [3.8, 4) is 11.3 Å². The van der Waals surface area contributed by atoms with Gasteiger partial charge in [-0.15, -0.1) is 0 Å². The Balaban J connectivity index is 1.44. The van der Waals surface area contributed by atoms with Crippen LogP contribution in [0.15, 0.2) is 53.3 Å². The van der Waals surface area contributed by atoms with Crippen LogP contribution in [0.5, 0.6) is 0 Å². The first-order chi connectivity index (χ1) is 15.7. The Morgan fingerprint density at radius 2 is 1.76 bits per heavy atom. The van der Waals surface area contributed by atoms with E-state index < -0.39 is 5.60 Å². The number of piperidine rings is 1. The van der Waals surface area contributed by atoms with E-state index in [9.17, 15) is 14.4 Å². The maximum absolute atomic E-state index is 12.9. The SMILES string of the molecule is CC(C)(C)OC(=O)N1CCC(C(=O)Nc2cccc(-c3n[nH]c(=O)c4ccccc34)c2)CC1. The Morgan fingerprint density at radius 3 is 2.45 bits per heavy atom. The molecule has 1 aromatic heterocycles. The lowest BCUT2D eigenvalue weighted by Crippen LogP contribution is -2.43. The monoisotopic (exact) mass is 448 g/mol. The van der Waals surface area contributed by atoms with Crippen molar-refractivity contribution in [3.63, 3.8) is 0 Å². The molecule has 2 aromatic carbocycles. The largest absolute Gasteiger partial charge is 0.444 e. The first-order valence-corrected chi connectivity index (χ1v) is 11.1. The Bertz CT molecular complexity index is 1240. The average molecular weight is 449 g/mol. The number of amides is 2. The molecule has 8 nitrogen and oxygen atoms in total. The summed E-state index contributed by atoms with van der Waals surface area (Å²) >= 11 is 0. The summed E-state index contributed by atoms with van der Waals surface area (Å²) in [7, 11) is 0. The van der Waals surface area contributed by atoms with Crippen LogP contribution in [0.25, 0.3) is 22.0 Å². The third-order valence-electron chi connectivity index (χ3n) is 5.62. The number of hydrogen-bond acceptors (Lipinski definition) is 5. The van der Waals surface area contributed by atoms with Crippen LogP contribution >= 0.6 is 0 Å². The molecule has 33 heavy (non-hydrogen) atoms. The molecule has 2 N–H and O–H groups in total. The zero-order valence-corrected chi connectivity index (χ0v) is 19.1. The molecule has 1 aliphatic heterocycles. The van der Waals surface area contributed by atoms with Crippen molar-refractivity contribution in [3.05, 3.63) is 58.9 Å². The molecule has 1 saturated heterocycles. The predicted octanol–water partition coefficient (Wildman–Crippen LogP) is 4.18. The van der Waals surface area contributed by atoms with Gasteiger partial charge in [-0.2, -0.15) is 5.10 Å². The van der Waals surface area contributed by atoms with Gasteiger partial charge in [0.2, 0.25) is 5.91 Å². The molecule has 0 atom stereocenters. The van der Waals surface area contributed by atoms with E-state index in [2.05, 4.69) is 15.5 Å². The summed E-state index contributed by atoms with van der Waals surface area (Å²) < 4.78 is 5.42. The van der Waals surface area contributed by atoms with E-state index in [1.54, 1.807) is 11.0 Å². The molecule has 0 spiro atoms. The van der Waals surface area contributed by atoms with Gasteiger partial charge in [-0.25, -0.2) is 9.89 Å².